The summed E-state index contributed by atoms with van der Waals surface area (Å²) >= 11 is 6.46. The highest BCUT2D eigenvalue weighted by Crippen LogP contribution is 2.31. The summed E-state index contributed by atoms with van der Waals surface area (Å²) in [6.07, 6.45) is 9.95. The minimum Gasteiger partial charge on any atom is -0.393 e. The van der Waals surface area contributed by atoms with Crippen molar-refractivity contribution < 1.29 is 5.11 Å². The molecule has 1 aliphatic carbocycles. The van der Waals surface area contributed by atoms with Crippen LogP contribution in [-0.2, 0) is 13.0 Å². The van der Waals surface area contributed by atoms with E-state index >= 15 is 0 Å². The maximum atomic E-state index is 9.71. The lowest BCUT2D eigenvalue weighted by Gasteiger charge is -2.25. The van der Waals surface area contributed by atoms with E-state index in [1.807, 2.05) is 30.3 Å². The van der Waals surface area contributed by atoms with Gasteiger partial charge < -0.3 is 10.4 Å². The van der Waals surface area contributed by atoms with Gasteiger partial charge in [-0.25, -0.2) is 4.98 Å². The average molecular weight is 409 g/mol. The molecule has 0 radical (unpaired) electrons. The molecule has 5 nitrogen and oxygen atoms in total. The maximum absolute atomic E-state index is 9.71. The molecule has 0 spiro atoms. The topological polar surface area (TPSA) is 70.9 Å². The molecule has 1 fully saturated rings. The molecule has 1 saturated carbocycles. The van der Waals surface area contributed by atoms with Crippen LogP contribution in [0.2, 0.25) is 5.02 Å². The van der Waals surface area contributed by atoms with Crippen LogP contribution in [0.25, 0.3) is 11.3 Å². The van der Waals surface area contributed by atoms with Crippen LogP contribution in [0.4, 0.5) is 5.82 Å². The van der Waals surface area contributed by atoms with Crippen molar-refractivity contribution in [3.8, 4) is 11.3 Å². The number of aromatic nitrogens is 3. The van der Waals surface area contributed by atoms with E-state index in [2.05, 4.69) is 21.4 Å². The number of anilines is 1. The zero-order valence-corrected chi connectivity index (χ0v) is 17.0. The Bertz CT molecular complexity index is 943. The molecule has 3 aromatic rings. The van der Waals surface area contributed by atoms with E-state index in [4.69, 9.17) is 16.6 Å². The number of nitrogens with zero attached hydrogens (tertiary/aromatic N) is 3. The summed E-state index contributed by atoms with van der Waals surface area (Å²) in [7, 11) is 0. The van der Waals surface area contributed by atoms with Crippen molar-refractivity contribution in [3.63, 3.8) is 0 Å². The first-order valence-corrected chi connectivity index (χ1v) is 10.5. The first-order valence-electron chi connectivity index (χ1n) is 10.1. The molecular weight excluding hydrogens is 384 g/mol. The Kier molecular flexibility index (Phi) is 6.37. The molecule has 3 aromatic heterocycles. The Balaban J connectivity index is 1.48. The monoisotopic (exact) mass is 408 g/mol. The van der Waals surface area contributed by atoms with E-state index in [1.54, 1.807) is 18.6 Å². The molecule has 0 bridgehead atoms. The fraction of sp³-hybridized carbons (Fsp3) is 0.348. The summed E-state index contributed by atoms with van der Waals surface area (Å²) in [5.41, 5.74) is 3.91. The first kappa shape index (κ1) is 19.8. The van der Waals surface area contributed by atoms with Crippen LogP contribution in [0, 0.1) is 5.92 Å². The molecular formula is C23H25ClN4O. The number of hydrogen-bond acceptors (Lipinski definition) is 5. The molecule has 0 amide bonds. The minimum atomic E-state index is -0.133. The normalized spacial score (nSPS) is 19.1. The summed E-state index contributed by atoms with van der Waals surface area (Å²) in [6.45, 7) is 0.682. The van der Waals surface area contributed by atoms with Gasteiger partial charge in [0.2, 0.25) is 0 Å². The fourth-order valence-corrected chi connectivity index (χ4v) is 4.01. The molecule has 2 N–H and O–H groups in total. The van der Waals surface area contributed by atoms with E-state index in [0.717, 1.165) is 60.4 Å². The van der Waals surface area contributed by atoms with Crippen LogP contribution >= 0.6 is 11.6 Å². The van der Waals surface area contributed by atoms with Crippen molar-refractivity contribution >= 4 is 17.4 Å². The minimum absolute atomic E-state index is 0.133. The van der Waals surface area contributed by atoms with Crippen LogP contribution in [0.5, 0.6) is 0 Å². The lowest BCUT2D eigenvalue weighted by atomic mass is 9.84. The molecule has 0 saturated heterocycles. The number of halogens is 1. The van der Waals surface area contributed by atoms with Gasteiger partial charge in [-0.1, -0.05) is 17.7 Å². The van der Waals surface area contributed by atoms with E-state index in [1.165, 1.54) is 0 Å². The van der Waals surface area contributed by atoms with Crippen LogP contribution in [0.15, 0.2) is 55.0 Å². The van der Waals surface area contributed by atoms with E-state index in [0.29, 0.717) is 17.5 Å². The number of aliphatic hydroxyl groups is 1. The average Bonchev–Trinajstić information content (AvgIpc) is 2.76. The third kappa shape index (κ3) is 5.31. The van der Waals surface area contributed by atoms with E-state index in [-0.39, 0.29) is 6.10 Å². The van der Waals surface area contributed by atoms with Crippen molar-refractivity contribution in [1.82, 2.24) is 15.0 Å². The predicted molar refractivity (Wildman–Crippen MR) is 116 cm³/mol. The van der Waals surface area contributed by atoms with E-state index < -0.39 is 0 Å². The van der Waals surface area contributed by atoms with Crippen molar-refractivity contribution in [3.05, 3.63) is 71.3 Å². The van der Waals surface area contributed by atoms with Crippen molar-refractivity contribution in [1.29, 1.82) is 0 Å². The summed E-state index contributed by atoms with van der Waals surface area (Å²) < 4.78 is 0. The number of hydrogen-bond donors (Lipinski definition) is 2. The smallest absolute Gasteiger partial charge is 0.126 e. The van der Waals surface area contributed by atoms with Crippen molar-refractivity contribution in [2.75, 3.05) is 5.32 Å². The number of rotatable bonds is 6. The lowest BCUT2D eigenvalue weighted by molar-refractivity contribution is 0.108. The van der Waals surface area contributed by atoms with E-state index in [9.17, 15) is 5.11 Å². The van der Waals surface area contributed by atoms with Crippen LogP contribution in [0.1, 0.15) is 36.9 Å². The molecule has 0 aromatic carbocycles. The SMILES string of the molecule is OC1CCC(Cc2cc(-c3cccc(NCc4ccncc4)n3)c(Cl)cn2)CC1. The summed E-state index contributed by atoms with van der Waals surface area (Å²) in [6, 6.07) is 11.9. The second-order valence-corrected chi connectivity index (χ2v) is 8.06. The lowest BCUT2D eigenvalue weighted by Crippen LogP contribution is -2.19. The Morgan fingerprint density at radius 2 is 1.86 bits per heavy atom. The summed E-state index contributed by atoms with van der Waals surface area (Å²) in [5.74, 6) is 1.37. The highest BCUT2D eigenvalue weighted by molar-refractivity contribution is 6.33. The highest BCUT2D eigenvalue weighted by atomic mass is 35.5. The molecule has 1 aliphatic rings. The number of pyridine rings is 3. The quantitative estimate of drug-likeness (QED) is 0.607. The third-order valence-corrected chi connectivity index (χ3v) is 5.78. The van der Waals surface area contributed by atoms with Gasteiger partial charge in [-0.15, -0.1) is 0 Å². The molecule has 0 aliphatic heterocycles. The Hall–Kier alpha value is -2.50. The van der Waals surface area contributed by atoms with Gasteiger partial charge in [-0.05, 0) is 73.9 Å². The van der Waals surface area contributed by atoms with Crippen LogP contribution < -0.4 is 5.32 Å². The molecule has 150 valence electrons. The molecule has 0 unspecified atom stereocenters. The van der Waals surface area contributed by atoms with Gasteiger partial charge in [0, 0.05) is 36.4 Å². The predicted octanol–water partition coefficient (Wildman–Crippen LogP) is 4.90. The summed E-state index contributed by atoms with van der Waals surface area (Å²) in [5, 5.41) is 13.7. The summed E-state index contributed by atoms with van der Waals surface area (Å²) in [4.78, 5) is 13.3. The second-order valence-electron chi connectivity index (χ2n) is 7.65. The van der Waals surface area contributed by atoms with Crippen molar-refractivity contribution in [2.24, 2.45) is 5.92 Å². The zero-order chi connectivity index (χ0) is 20.1. The van der Waals surface area contributed by atoms with Gasteiger partial charge in [0.15, 0.2) is 0 Å². The van der Waals surface area contributed by atoms with Gasteiger partial charge in [-0.2, -0.15) is 0 Å². The highest BCUT2D eigenvalue weighted by Gasteiger charge is 2.20. The Morgan fingerprint density at radius 1 is 1.07 bits per heavy atom. The standard InChI is InChI=1S/C23H25ClN4O/c24-21-15-26-18(12-16-4-6-19(29)7-5-16)13-20(21)22-2-1-3-23(28-22)27-14-17-8-10-25-11-9-17/h1-3,8-11,13,15-16,19,29H,4-7,12,14H2,(H,27,28). The third-order valence-electron chi connectivity index (χ3n) is 5.47. The van der Waals surface area contributed by atoms with Crippen LogP contribution in [0.3, 0.4) is 0 Å². The first-order chi connectivity index (χ1) is 14.2. The molecule has 29 heavy (non-hydrogen) atoms. The Labute approximate surface area is 176 Å². The van der Waals surface area contributed by atoms with Gasteiger partial charge in [0.05, 0.1) is 16.8 Å². The number of nitrogens with one attached hydrogen (secondary N) is 1. The molecule has 3 heterocycles. The Morgan fingerprint density at radius 3 is 2.66 bits per heavy atom. The fourth-order valence-electron chi connectivity index (χ4n) is 3.81. The van der Waals surface area contributed by atoms with Gasteiger partial charge in [0.25, 0.3) is 0 Å². The largest absolute Gasteiger partial charge is 0.393 e. The number of aliphatic hydroxyl groups excluding tert-OH is 1. The van der Waals surface area contributed by atoms with Crippen molar-refractivity contribution in [2.45, 2.75) is 44.8 Å². The zero-order valence-electron chi connectivity index (χ0n) is 16.3. The van der Waals surface area contributed by atoms with Gasteiger partial charge >= 0.3 is 0 Å². The maximum Gasteiger partial charge on any atom is 0.126 e. The molecule has 0 atom stereocenters. The van der Waals surface area contributed by atoms with Crippen LogP contribution in [-0.4, -0.2) is 26.2 Å². The van der Waals surface area contributed by atoms with Gasteiger partial charge in [0.1, 0.15) is 5.82 Å². The van der Waals surface area contributed by atoms with Gasteiger partial charge in [-0.3, -0.25) is 9.97 Å². The second kappa shape index (κ2) is 9.33. The molecule has 6 heteroatoms. The molecule has 4 rings (SSSR count).